The van der Waals surface area contributed by atoms with Crippen LogP contribution in [-0.2, 0) is 38.0 Å². The van der Waals surface area contributed by atoms with Crippen molar-refractivity contribution in [3.8, 4) is 0 Å². The molecule has 0 aromatic carbocycles. The van der Waals surface area contributed by atoms with Crippen molar-refractivity contribution in [2.24, 2.45) is 0 Å². The average Bonchev–Trinajstić information content (AvgIpc) is 2.84. The summed E-state index contributed by atoms with van der Waals surface area (Å²) in [6.45, 7) is 17.9. The summed E-state index contributed by atoms with van der Waals surface area (Å²) in [7, 11) is 1.66. The molecule has 0 aromatic rings. The Morgan fingerprint density at radius 3 is 2.30 bits per heavy atom. The fourth-order valence-electron chi connectivity index (χ4n) is 5.27. The summed E-state index contributed by atoms with van der Waals surface area (Å²) < 4.78 is 35.8. The van der Waals surface area contributed by atoms with Crippen molar-refractivity contribution >= 4 is 11.9 Å². The van der Waals surface area contributed by atoms with Crippen LogP contribution < -0.4 is 0 Å². The van der Waals surface area contributed by atoms with Crippen LogP contribution in [0.5, 0.6) is 0 Å². The van der Waals surface area contributed by atoms with E-state index < -0.39 is 23.1 Å². The van der Waals surface area contributed by atoms with Crippen LogP contribution in [0.1, 0.15) is 86.0 Å². The molecule has 0 spiro atoms. The number of rotatable bonds is 14. The number of carbonyl (C=O) groups excluding carboxylic acids is 2. The molecule has 37 heavy (non-hydrogen) atoms. The maximum absolute atomic E-state index is 12.4. The molecule has 0 N–H and O–H groups in total. The largest absolute Gasteiger partial charge is 0.453 e. The molecule has 0 saturated heterocycles. The SMILES string of the molecule is C=C(C)C(=O)OC1(C)CCC(OCC)CC1OC(C)COCCC1(OC(=O)C(=C)C)CCCCC1OC. The zero-order valence-electron chi connectivity index (χ0n) is 23.8. The number of methoxy groups -OCH3 is 1. The highest BCUT2D eigenvalue weighted by Crippen LogP contribution is 2.38. The Balaban J connectivity index is 1.98. The average molecular weight is 525 g/mol. The standard InChI is InChI=1S/C29H48O8/c1-9-34-23-13-15-28(7,36-26(30)20(2)3)25(18-23)35-22(6)19-33-17-16-29(37-27(31)21(4)5)14-11-10-12-24(29)32-8/h22-25H,2,4,9-19H2,1,3,5-8H3. The highest BCUT2D eigenvalue weighted by Gasteiger charge is 2.46. The van der Waals surface area contributed by atoms with Crippen LogP contribution in [-0.4, -0.2) is 74.5 Å². The van der Waals surface area contributed by atoms with E-state index in [-0.39, 0.29) is 24.4 Å². The topological polar surface area (TPSA) is 89.5 Å². The molecule has 8 nitrogen and oxygen atoms in total. The summed E-state index contributed by atoms with van der Waals surface area (Å²) in [6.07, 6.45) is 5.47. The van der Waals surface area contributed by atoms with Crippen molar-refractivity contribution in [3.63, 3.8) is 0 Å². The van der Waals surface area contributed by atoms with Crippen molar-refractivity contribution in [3.05, 3.63) is 24.3 Å². The quantitative estimate of drug-likeness (QED) is 0.177. The van der Waals surface area contributed by atoms with E-state index in [1.165, 1.54) is 0 Å². The lowest BCUT2D eigenvalue weighted by Gasteiger charge is -2.44. The molecule has 2 saturated carbocycles. The predicted octanol–water partition coefficient (Wildman–Crippen LogP) is 5.08. The second-order valence-electron chi connectivity index (χ2n) is 10.8. The molecule has 0 aromatic heterocycles. The van der Waals surface area contributed by atoms with Crippen molar-refractivity contribution in [2.75, 3.05) is 26.9 Å². The second-order valence-corrected chi connectivity index (χ2v) is 10.8. The van der Waals surface area contributed by atoms with Crippen LogP contribution in [0.2, 0.25) is 0 Å². The first kappa shape index (κ1) is 31.5. The molecule has 0 aliphatic heterocycles. The molecule has 2 rings (SSSR count). The Morgan fingerprint density at radius 1 is 1.00 bits per heavy atom. The van der Waals surface area contributed by atoms with E-state index in [4.69, 9.17) is 28.4 Å². The van der Waals surface area contributed by atoms with Gasteiger partial charge in [0, 0.05) is 37.7 Å². The molecule has 6 unspecified atom stereocenters. The number of ether oxygens (including phenoxy) is 6. The van der Waals surface area contributed by atoms with Gasteiger partial charge in [-0.05, 0) is 66.7 Å². The van der Waals surface area contributed by atoms with Crippen LogP contribution in [0.3, 0.4) is 0 Å². The Bertz CT molecular complexity index is 795. The first-order valence-electron chi connectivity index (χ1n) is 13.6. The predicted molar refractivity (Wildman–Crippen MR) is 141 cm³/mol. The number of esters is 2. The Morgan fingerprint density at radius 2 is 1.68 bits per heavy atom. The third-order valence-corrected chi connectivity index (χ3v) is 7.45. The van der Waals surface area contributed by atoms with Gasteiger partial charge in [-0.1, -0.05) is 19.6 Å². The molecule has 0 heterocycles. The minimum Gasteiger partial charge on any atom is -0.453 e. The van der Waals surface area contributed by atoms with E-state index in [1.54, 1.807) is 21.0 Å². The van der Waals surface area contributed by atoms with Crippen LogP contribution >= 0.6 is 0 Å². The van der Waals surface area contributed by atoms with Crippen LogP contribution in [0.4, 0.5) is 0 Å². The summed E-state index contributed by atoms with van der Waals surface area (Å²) >= 11 is 0. The maximum Gasteiger partial charge on any atom is 0.333 e. The van der Waals surface area contributed by atoms with Gasteiger partial charge in [-0.2, -0.15) is 0 Å². The minimum absolute atomic E-state index is 0.0554. The van der Waals surface area contributed by atoms with Crippen LogP contribution in [0.25, 0.3) is 0 Å². The normalized spacial score (nSPS) is 30.8. The van der Waals surface area contributed by atoms with Gasteiger partial charge in [0.25, 0.3) is 0 Å². The van der Waals surface area contributed by atoms with E-state index in [9.17, 15) is 9.59 Å². The van der Waals surface area contributed by atoms with Crippen molar-refractivity contribution in [1.82, 2.24) is 0 Å². The molecule has 6 atom stereocenters. The van der Waals surface area contributed by atoms with Gasteiger partial charge < -0.3 is 28.4 Å². The fraction of sp³-hybridized carbons (Fsp3) is 0.793. The smallest absolute Gasteiger partial charge is 0.333 e. The summed E-state index contributed by atoms with van der Waals surface area (Å²) in [6, 6.07) is 0. The molecule has 0 bridgehead atoms. The van der Waals surface area contributed by atoms with Gasteiger partial charge >= 0.3 is 11.9 Å². The molecule has 0 amide bonds. The van der Waals surface area contributed by atoms with Crippen LogP contribution in [0.15, 0.2) is 24.3 Å². The summed E-state index contributed by atoms with van der Waals surface area (Å²) in [5.74, 6) is -0.810. The molecule has 2 fully saturated rings. The highest BCUT2D eigenvalue weighted by molar-refractivity contribution is 5.87. The molecule has 2 aliphatic rings. The Kier molecular flexibility index (Phi) is 12.3. The lowest BCUT2D eigenvalue weighted by Crippen LogP contribution is -2.52. The van der Waals surface area contributed by atoms with Crippen molar-refractivity contribution in [1.29, 1.82) is 0 Å². The highest BCUT2D eigenvalue weighted by atomic mass is 16.6. The zero-order chi connectivity index (χ0) is 27.6. The van der Waals surface area contributed by atoms with Gasteiger partial charge in [-0.25, -0.2) is 9.59 Å². The Hall–Kier alpha value is -1.74. The molecule has 212 valence electrons. The van der Waals surface area contributed by atoms with Gasteiger partial charge in [0.15, 0.2) is 0 Å². The van der Waals surface area contributed by atoms with Gasteiger partial charge in [0.1, 0.15) is 11.2 Å². The molecule has 2 aliphatic carbocycles. The number of carbonyl (C=O) groups is 2. The van der Waals surface area contributed by atoms with E-state index in [0.717, 1.165) is 32.1 Å². The number of hydrogen-bond donors (Lipinski definition) is 0. The monoisotopic (exact) mass is 524 g/mol. The van der Waals surface area contributed by atoms with Crippen LogP contribution in [0, 0.1) is 0 Å². The van der Waals surface area contributed by atoms with Gasteiger partial charge in [-0.15, -0.1) is 0 Å². The summed E-state index contributed by atoms with van der Waals surface area (Å²) in [5.41, 5.74) is -0.763. The van der Waals surface area contributed by atoms with E-state index in [1.807, 2.05) is 20.8 Å². The zero-order valence-corrected chi connectivity index (χ0v) is 23.8. The van der Waals surface area contributed by atoms with Crippen molar-refractivity contribution < 1.29 is 38.0 Å². The van der Waals surface area contributed by atoms with E-state index in [0.29, 0.717) is 50.2 Å². The molecular formula is C29H48O8. The first-order valence-corrected chi connectivity index (χ1v) is 13.6. The maximum atomic E-state index is 12.4. The minimum atomic E-state index is -0.771. The number of hydrogen-bond acceptors (Lipinski definition) is 8. The Labute approximate surface area is 223 Å². The van der Waals surface area contributed by atoms with E-state index >= 15 is 0 Å². The third-order valence-electron chi connectivity index (χ3n) is 7.45. The van der Waals surface area contributed by atoms with Crippen molar-refractivity contribution in [2.45, 2.75) is 122 Å². The fourth-order valence-corrected chi connectivity index (χ4v) is 5.27. The third kappa shape index (κ3) is 8.91. The molecular weight excluding hydrogens is 476 g/mol. The lowest BCUT2D eigenvalue weighted by atomic mass is 9.79. The van der Waals surface area contributed by atoms with Gasteiger partial charge in [-0.3, -0.25) is 0 Å². The molecule has 0 radical (unpaired) electrons. The van der Waals surface area contributed by atoms with Gasteiger partial charge in [0.05, 0.1) is 37.6 Å². The summed E-state index contributed by atoms with van der Waals surface area (Å²) in [4.78, 5) is 24.7. The summed E-state index contributed by atoms with van der Waals surface area (Å²) in [5, 5.41) is 0. The second kappa shape index (κ2) is 14.4. The van der Waals surface area contributed by atoms with Gasteiger partial charge in [0.2, 0.25) is 0 Å². The van der Waals surface area contributed by atoms with E-state index in [2.05, 4.69) is 13.2 Å². The lowest BCUT2D eigenvalue weighted by molar-refractivity contribution is -0.202. The first-order chi connectivity index (χ1) is 17.5. The molecule has 8 heteroatoms.